The Morgan fingerprint density at radius 2 is 1.89 bits per heavy atom. The largest absolute Gasteiger partial charge is 0.494 e. The molecule has 1 N–H and O–H groups in total. The molecule has 0 amide bonds. The lowest BCUT2D eigenvalue weighted by atomic mass is 10.1. The fourth-order valence-corrected chi connectivity index (χ4v) is 3.77. The van der Waals surface area contributed by atoms with Gasteiger partial charge in [-0.1, -0.05) is 24.3 Å². The standard InChI is InChI=1S/C22H28F2N2O2/c1-2-28-22-6-4-3-5-18(22)15-26-11-10-25(16-20(26)9-12-27)14-17-7-8-19(23)13-21(17)24/h3-8,13,20,27H,2,9-12,14-16H2,1H3/t20-/m1/s1. The van der Waals surface area contributed by atoms with Crippen molar-refractivity contribution < 1.29 is 18.6 Å². The van der Waals surface area contributed by atoms with Gasteiger partial charge < -0.3 is 9.84 Å². The molecule has 0 radical (unpaired) electrons. The lowest BCUT2D eigenvalue weighted by Gasteiger charge is -2.41. The first-order valence-corrected chi connectivity index (χ1v) is 9.82. The summed E-state index contributed by atoms with van der Waals surface area (Å²) in [7, 11) is 0. The number of aliphatic hydroxyl groups excluding tert-OH is 1. The van der Waals surface area contributed by atoms with Crippen LogP contribution in [0.15, 0.2) is 42.5 Å². The quantitative estimate of drug-likeness (QED) is 0.749. The summed E-state index contributed by atoms with van der Waals surface area (Å²) < 4.78 is 32.9. The number of aliphatic hydroxyl groups is 1. The van der Waals surface area contributed by atoms with E-state index in [1.165, 1.54) is 12.1 Å². The summed E-state index contributed by atoms with van der Waals surface area (Å²) in [5.41, 5.74) is 1.63. The molecule has 2 aromatic rings. The van der Waals surface area contributed by atoms with Gasteiger partial charge in [-0.2, -0.15) is 0 Å². The van der Waals surface area contributed by atoms with Gasteiger partial charge in [0.15, 0.2) is 0 Å². The van der Waals surface area contributed by atoms with E-state index in [1.807, 2.05) is 25.1 Å². The molecule has 6 heteroatoms. The van der Waals surface area contributed by atoms with Crippen LogP contribution in [0.25, 0.3) is 0 Å². The predicted octanol–water partition coefficient (Wildman–Crippen LogP) is 3.43. The fourth-order valence-electron chi connectivity index (χ4n) is 3.77. The minimum atomic E-state index is -0.558. The average Bonchev–Trinajstić information content (AvgIpc) is 2.68. The number of para-hydroxylation sites is 1. The SMILES string of the molecule is CCOc1ccccc1CN1CCN(Cc2ccc(F)cc2F)C[C@H]1CCO. The third-order valence-corrected chi connectivity index (χ3v) is 5.21. The van der Waals surface area contributed by atoms with Crippen LogP contribution in [0.2, 0.25) is 0 Å². The van der Waals surface area contributed by atoms with Gasteiger partial charge in [0.1, 0.15) is 17.4 Å². The monoisotopic (exact) mass is 390 g/mol. The van der Waals surface area contributed by atoms with Crippen LogP contribution < -0.4 is 4.74 Å². The van der Waals surface area contributed by atoms with Crippen molar-refractivity contribution in [3.05, 3.63) is 65.2 Å². The molecule has 1 aliphatic heterocycles. The maximum Gasteiger partial charge on any atom is 0.130 e. The maximum atomic E-state index is 14.0. The summed E-state index contributed by atoms with van der Waals surface area (Å²) in [6.07, 6.45) is 0.652. The first kappa shape index (κ1) is 20.7. The molecular weight excluding hydrogens is 362 g/mol. The summed E-state index contributed by atoms with van der Waals surface area (Å²) in [6.45, 7) is 6.22. The van der Waals surface area contributed by atoms with Gasteiger partial charge in [0.05, 0.1) is 6.61 Å². The van der Waals surface area contributed by atoms with Crippen molar-refractivity contribution in [1.82, 2.24) is 9.80 Å². The molecule has 1 saturated heterocycles. The third kappa shape index (κ3) is 5.28. The molecule has 1 fully saturated rings. The number of ether oxygens (including phenoxy) is 1. The van der Waals surface area contributed by atoms with Crippen molar-refractivity contribution in [2.75, 3.05) is 32.8 Å². The Balaban J connectivity index is 1.67. The minimum Gasteiger partial charge on any atom is -0.494 e. The highest BCUT2D eigenvalue weighted by atomic mass is 19.1. The number of nitrogens with zero attached hydrogens (tertiary/aromatic N) is 2. The molecule has 152 valence electrons. The first-order valence-electron chi connectivity index (χ1n) is 9.82. The van der Waals surface area contributed by atoms with Gasteiger partial charge >= 0.3 is 0 Å². The second-order valence-electron chi connectivity index (χ2n) is 7.15. The van der Waals surface area contributed by atoms with Crippen LogP contribution in [0.1, 0.15) is 24.5 Å². The molecule has 4 nitrogen and oxygen atoms in total. The van der Waals surface area contributed by atoms with Crippen LogP contribution in [0.5, 0.6) is 5.75 Å². The van der Waals surface area contributed by atoms with Crippen molar-refractivity contribution in [1.29, 1.82) is 0 Å². The Labute approximate surface area is 165 Å². The summed E-state index contributed by atoms with van der Waals surface area (Å²) in [5, 5.41) is 9.52. The van der Waals surface area contributed by atoms with Crippen LogP contribution in [0.3, 0.4) is 0 Å². The van der Waals surface area contributed by atoms with Gasteiger partial charge in [0.2, 0.25) is 0 Å². The molecule has 3 rings (SSSR count). The van der Waals surface area contributed by atoms with Crippen molar-refractivity contribution in [3.8, 4) is 5.75 Å². The predicted molar refractivity (Wildman–Crippen MR) is 105 cm³/mol. The first-order chi connectivity index (χ1) is 13.6. The smallest absolute Gasteiger partial charge is 0.130 e. The van der Waals surface area contributed by atoms with Crippen LogP contribution in [0, 0.1) is 11.6 Å². The number of hydrogen-bond donors (Lipinski definition) is 1. The highest BCUT2D eigenvalue weighted by Crippen LogP contribution is 2.24. The topological polar surface area (TPSA) is 35.9 Å². The summed E-state index contributed by atoms with van der Waals surface area (Å²) in [5.74, 6) is -0.174. The van der Waals surface area contributed by atoms with E-state index in [9.17, 15) is 13.9 Å². The Bertz CT molecular complexity index is 772. The Hall–Kier alpha value is -2.02. The molecule has 1 atom stereocenters. The van der Waals surface area contributed by atoms with Gasteiger partial charge in [-0.25, -0.2) is 8.78 Å². The van der Waals surface area contributed by atoms with Crippen LogP contribution >= 0.6 is 0 Å². The number of piperazine rings is 1. The van der Waals surface area contributed by atoms with Crippen LogP contribution in [-0.4, -0.2) is 53.8 Å². The van der Waals surface area contributed by atoms with Crippen molar-refractivity contribution in [2.45, 2.75) is 32.5 Å². The van der Waals surface area contributed by atoms with E-state index in [0.29, 0.717) is 25.1 Å². The highest BCUT2D eigenvalue weighted by Gasteiger charge is 2.27. The molecule has 0 spiro atoms. The molecule has 28 heavy (non-hydrogen) atoms. The Morgan fingerprint density at radius 1 is 1.07 bits per heavy atom. The molecule has 0 bridgehead atoms. The van der Waals surface area contributed by atoms with Gasteiger partial charge in [0, 0.05) is 62.6 Å². The number of rotatable bonds is 8. The zero-order valence-electron chi connectivity index (χ0n) is 16.3. The lowest BCUT2D eigenvalue weighted by molar-refractivity contribution is 0.0489. The van der Waals surface area contributed by atoms with E-state index in [1.54, 1.807) is 0 Å². The molecule has 2 aromatic carbocycles. The molecule has 0 aromatic heterocycles. The highest BCUT2D eigenvalue weighted by molar-refractivity contribution is 5.33. The van der Waals surface area contributed by atoms with Crippen LogP contribution in [0.4, 0.5) is 8.78 Å². The average molecular weight is 390 g/mol. The van der Waals surface area contributed by atoms with E-state index in [-0.39, 0.29) is 12.6 Å². The number of hydrogen-bond acceptors (Lipinski definition) is 4. The van der Waals surface area contributed by atoms with E-state index in [2.05, 4.69) is 15.9 Å². The zero-order valence-corrected chi connectivity index (χ0v) is 16.3. The summed E-state index contributed by atoms with van der Waals surface area (Å²) in [4.78, 5) is 4.52. The van der Waals surface area contributed by atoms with Gasteiger partial charge in [0.25, 0.3) is 0 Å². The van der Waals surface area contributed by atoms with Crippen molar-refractivity contribution in [2.24, 2.45) is 0 Å². The van der Waals surface area contributed by atoms with Crippen molar-refractivity contribution >= 4 is 0 Å². The normalized spacial score (nSPS) is 18.4. The number of halogens is 2. The van der Waals surface area contributed by atoms with E-state index >= 15 is 0 Å². The number of benzene rings is 2. The Kier molecular flexibility index (Phi) is 7.36. The van der Waals surface area contributed by atoms with Crippen LogP contribution in [-0.2, 0) is 13.1 Å². The van der Waals surface area contributed by atoms with Crippen molar-refractivity contribution in [3.63, 3.8) is 0 Å². The molecular formula is C22H28F2N2O2. The second-order valence-corrected chi connectivity index (χ2v) is 7.15. The van der Waals surface area contributed by atoms with Gasteiger partial charge in [-0.3, -0.25) is 9.80 Å². The third-order valence-electron chi connectivity index (χ3n) is 5.21. The summed E-state index contributed by atoms with van der Waals surface area (Å²) >= 11 is 0. The van der Waals surface area contributed by atoms with Gasteiger partial charge in [-0.05, 0) is 25.5 Å². The minimum absolute atomic E-state index is 0.104. The fraction of sp³-hybridized carbons (Fsp3) is 0.455. The molecule has 1 aliphatic rings. The molecule has 0 saturated carbocycles. The molecule has 0 aliphatic carbocycles. The Morgan fingerprint density at radius 3 is 2.64 bits per heavy atom. The van der Waals surface area contributed by atoms with Gasteiger partial charge in [-0.15, -0.1) is 0 Å². The zero-order chi connectivity index (χ0) is 19.9. The second kappa shape index (κ2) is 9.96. The lowest BCUT2D eigenvalue weighted by Crippen LogP contribution is -2.52. The van der Waals surface area contributed by atoms with E-state index < -0.39 is 11.6 Å². The summed E-state index contributed by atoms with van der Waals surface area (Å²) in [6, 6.07) is 11.9. The molecule has 1 heterocycles. The van der Waals surface area contributed by atoms with E-state index in [4.69, 9.17) is 4.74 Å². The maximum absolute atomic E-state index is 14.0. The molecule has 0 unspecified atom stereocenters. The van der Waals surface area contributed by atoms with E-state index in [0.717, 1.165) is 43.6 Å².